The van der Waals surface area contributed by atoms with E-state index in [1.165, 1.54) is 0 Å². The Morgan fingerprint density at radius 1 is 1.08 bits per heavy atom. The monoisotopic (exact) mass is 355 g/mol. The van der Waals surface area contributed by atoms with Crippen LogP contribution >= 0.6 is 0 Å². The van der Waals surface area contributed by atoms with Crippen LogP contribution < -0.4 is 10.1 Å². The second-order valence-corrected chi connectivity index (χ2v) is 6.94. The lowest BCUT2D eigenvalue weighted by Gasteiger charge is -2.27. The first-order valence-corrected chi connectivity index (χ1v) is 8.53. The van der Waals surface area contributed by atoms with Gasteiger partial charge in [-0.3, -0.25) is 4.79 Å². The van der Waals surface area contributed by atoms with Crippen molar-refractivity contribution in [2.24, 2.45) is 0 Å². The molecule has 2 rings (SSSR count). The molecule has 0 aliphatic rings. The van der Waals surface area contributed by atoms with Gasteiger partial charge < -0.3 is 15.2 Å². The molecule has 0 heterocycles. The van der Waals surface area contributed by atoms with Gasteiger partial charge in [-0.05, 0) is 51.0 Å². The summed E-state index contributed by atoms with van der Waals surface area (Å²) in [4.78, 5) is 23.3. The van der Waals surface area contributed by atoms with Crippen molar-refractivity contribution < 1.29 is 19.4 Å². The Hall–Kier alpha value is -2.82. The predicted octanol–water partition coefficient (Wildman–Crippen LogP) is 3.61. The molecule has 0 saturated heterocycles. The van der Waals surface area contributed by atoms with Crippen molar-refractivity contribution in [2.75, 3.05) is 6.61 Å². The van der Waals surface area contributed by atoms with Crippen molar-refractivity contribution in [3.8, 4) is 5.75 Å². The maximum Gasteiger partial charge on any atom is 0.341 e. The van der Waals surface area contributed by atoms with Crippen LogP contribution in [0.4, 0.5) is 0 Å². The zero-order valence-electron chi connectivity index (χ0n) is 15.6. The number of ether oxygens (including phenoxy) is 1. The van der Waals surface area contributed by atoms with Crippen LogP contribution in [-0.2, 0) is 15.0 Å². The number of carbonyl (C=O) groups excluding carboxylic acids is 1. The first-order chi connectivity index (χ1) is 12.2. The van der Waals surface area contributed by atoms with Gasteiger partial charge in [0.2, 0.25) is 5.91 Å². The van der Waals surface area contributed by atoms with Crippen molar-refractivity contribution in [3.63, 3.8) is 0 Å². The molecule has 0 spiro atoms. The highest BCUT2D eigenvalue weighted by molar-refractivity contribution is 5.87. The molecule has 2 aromatic carbocycles. The van der Waals surface area contributed by atoms with Crippen molar-refractivity contribution in [1.29, 1.82) is 0 Å². The number of carboxylic acid groups (broad SMARTS) is 1. The van der Waals surface area contributed by atoms with Gasteiger partial charge in [-0.15, -0.1) is 0 Å². The number of hydrogen-bond acceptors (Lipinski definition) is 3. The fourth-order valence-corrected chi connectivity index (χ4v) is 2.56. The SMILES string of the molecule is Cc1ccc(C(C)(C)C(=O)NC(C)c2ccc(OCC(=O)O)cc2)cc1. The average Bonchev–Trinajstić information content (AvgIpc) is 2.60. The van der Waals surface area contributed by atoms with Gasteiger partial charge in [0.15, 0.2) is 6.61 Å². The average molecular weight is 355 g/mol. The van der Waals surface area contributed by atoms with E-state index >= 15 is 0 Å². The maximum absolute atomic E-state index is 12.8. The Kier molecular flexibility index (Phi) is 6.03. The highest BCUT2D eigenvalue weighted by Gasteiger charge is 2.30. The zero-order chi connectivity index (χ0) is 19.3. The Labute approximate surface area is 154 Å². The molecule has 5 nitrogen and oxygen atoms in total. The van der Waals surface area contributed by atoms with Crippen LogP contribution in [0.2, 0.25) is 0 Å². The van der Waals surface area contributed by atoms with Gasteiger partial charge in [-0.2, -0.15) is 0 Å². The normalized spacial score (nSPS) is 12.3. The molecule has 0 radical (unpaired) electrons. The predicted molar refractivity (Wildman–Crippen MR) is 100 cm³/mol. The summed E-state index contributed by atoms with van der Waals surface area (Å²) in [5, 5.41) is 11.7. The zero-order valence-corrected chi connectivity index (χ0v) is 15.6. The minimum atomic E-state index is -1.02. The smallest absolute Gasteiger partial charge is 0.341 e. The molecular formula is C21H25NO4. The number of benzene rings is 2. The van der Waals surface area contributed by atoms with Crippen LogP contribution in [0.5, 0.6) is 5.75 Å². The third-order valence-electron chi connectivity index (χ3n) is 4.43. The number of rotatable bonds is 7. The molecule has 0 aliphatic carbocycles. The lowest BCUT2D eigenvalue weighted by molar-refractivity contribution is -0.139. The van der Waals surface area contributed by atoms with Gasteiger partial charge in [-0.25, -0.2) is 4.79 Å². The van der Waals surface area contributed by atoms with Gasteiger partial charge in [0.05, 0.1) is 11.5 Å². The fourth-order valence-electron chi connectivity index (χ4n) is 2.56. The van der Waals surface area contributed by atoms with Crippen LogP contribution in [0.1, 0.15) is 43.5 Å². The van der Waals surface area contributed by atoms with E-state index in [-0.39, 0.29) is 18.6 Å². The summed E-state index contributed by atoms with van der Waals surface area (Å²) < 4.78 is 5.12. The molecule has 1 atom stereocenters. The molecule has 0 aliphatic heterocycles. The standard InChI is InChI=1S/C21H25NO4/c1-14-5-9-17(10-6-14)21(3,4)20(25)22-15(2)16-7-11-18(12-8-16)26-13-19(23)24/h5-12,15H,13H2,1-4H3,(H,22,25)(H,23,24). The number of nitrogens with one attached hydrogen (secondary N) is 1. The van der Waals surface area contributed by atoms with E-state index in [0.717, 1.165) is 16.7 Å². The van der Waals surface area contributed by atoms with Gasteiger partial charge in [0.1, 0.15) is 5.75 Å². The lowest BCUT2D eigenvalue weighted by atomic mass is 9.83. The largest absolute Gasteiger partial charge is 0.482 e. The number of carbonyl (C=O) groups is 2. The van der Waals surface area contributed by atoms with Gasteiger partial charge >= 0.3 is 5.97 Å². The Morgan fingerprint density at radius 2 is 1.65 bits per heavy atom. The number of amides is 1. The third kappa shape index (κ3) is 4.85. The summed E-state index contributed by atoms with van der Waals surface area (Å²) in [6.45, 7) is 7.36. The quantitative estimate of drug-likeness (QED) is 0.795. The number of hydrogen-bond donors (Lipinski definition) is 2. The van der Waals surface area contributed by atoms with E-state index in [1.54, 1.807) is 12.1 Å². The number of aryl methyl sites for hydroxylation is 1. The molecule has 2 aromatic rings. The summed E-state index contributed by atoms with van der Waals surface area (Å²) in [6, 6.07) is 14.8. The van der Waals surface area contributed by atoms with Crippen molar-refractivity contribution >= 4 is 11.9 Å². The summed E-state index contributed by atoms with van der Waals surface area (Å²) in [7, 11) is 0. The lowest BCUT2D eigenvalue weighted by Crippen LogP contribution is -2.41. The Morgan fingerprint density at radius 3 is 2.19 bits per heavy atom. The van der Waals surface area contributed by atoms with Crippen LogP contribution in [0.15, 0.2) is 48.5 Å². The molecule has 0 saturated carbocycles. The Bertz CT molecular complexity index is 764. The van der Waals surface area contributed by atoms with E-state index in [0.29, 0.717) is 5.75 Å². The van der Waals surface area contributed by atoms with Crippen LogP contribution in [0, 0.1) is 6.92 Å². The summed E-state index contributed by atoms with van der Waals surface area (Å²) in [6.07, 6.45) is 0. The maximum atomic E-state index is 12.8. The van der Waals surface area contributed by atoms with E-state index in [1.807, 2.05) is 64.1 Å². The van der Waals surface area contributed by atoms with E-state index < -0.39 is 11.4 Å². The fraction of sp³-hybridized carbons (Fsp3) is 0.333. The van der Waals surface area contributed by atoms with Crippen molar-refractivity contribution in [1.82, 2.24) is 5.32 Å². The van der Waals surface area contributed by atoms with Crippen molar-refractivity contribution in [3.05, 3.63) is 65.2 Å². The topological polar surface area (TPSA) is 75.6 Å². The highest BCUT2D eigenvalue weighted by atomic mass is 16.5. The molecule has 0 aromatic heterocycles. The highest BCUT2D eigenvalue weighted by Crippen LogP contribution is 2.25. The van der Waals surface area contributed by atoms with Gasteiger partial charge in [0.25, 0.3) is 0 Å². The molecule has 1 amide bonds. The summed E-state index contributed by atoms with van der Waals surface area (Å²) in [5.74, 6) is -0.595. The molecule has 0 bridgehead atoms. The third-order valence-corrected chi connectivity index (χ3v) is 4.43. The molecule has 26 heavy (non-hydrogen) atoms. The molecule has 138 valence electrons. The Balaban J connectivity index is 2.03. The van der Waals surface area contributed by atoms with Gasteiger partial charge in [-0.1, -0.05) is 42.0 Å². The van der Waals surface area contributed by atoms with Gasteiger partial charge in [0, 0.05) is 0 Å². The summed E-state index contributed by atoms with van der Waals surface area (Å²) >= 11 is 0. The van der Waals surface area contributed by atoms with E-state index in [9.17, 15) is 9.59 Å². The van der Waals surface area contributed by atoms with E-state index in [2.05, 4.69) is 5.32 Å². The van der Waals surface area contributed by atoms with E-state index in [4.69, 9.17) is 9.84 Å². The van der Waals surface area contributed by atoms with Crippen LogP contribution in [-0.4, -0.2) is 23.6 Å². The van der Waals surface area contributed by atoms with Crippen LogP contribution in [0.3, 0.4) is 0 Å². The molecule has 1 unspecified atom stereocenters. The summed E-state index contributed by atoms with van der Waals surface area (Å²) in [5.41, 5.74) is 2.39. The number of aliphatic carboxylic acids is 1. The first kappa shape index (κ1) is 19.5. The minimum Gasteiger partial charge on any atom is -0.482 e. The molecular weight excluding hydrogens is 330 g/mol. The molecule has 5 heteroatoms. The number of carboxylic acids is 1. The second-order valence-electron chi connectivity index (χ2n) is 6.94. The first-order valence-electron chi connectivity index (χ1n) is 8.53. The minimum absolute atomic E-state index is 0.0555. The molecule has 0 fully saturated rings. The molecule has 2 N–H and O–H groups in total. The van der Waals surface area contributed by atoms with Crippen LogP contribution in [0.25, 0.3) is 0 Å². The second kappa shape index (κ2) is 8.04. The van der Waals surface area contributed by atoms with Crippen molar-refractivity contribution in [2.45, 2.75) is 39.2 Å².